The van der Waals surface area contributed by atoms with Gasteiger partial charge in [-0.3, -0.25) is 0 Å². The normalized spacial score (nSPS) is 28.9. The Bertz CT molecular complexity index is 1010. The van der Waals surface area contributed by atoms with E-state index in [1.165, 1.54) is 11.1 Å². The fourth-order valence-electron chi connectivity index (χ4n) is 5.57. The van der Waals surface area contributed by atoms with E-state index in [-0.39, 0.29) is 17.4 Å². The minimum Gasteiger partial charge on any atom is -0.392 e. The van der Waals surface area contributed by atoms with E-state index < -0.39 is 21.4 Å². The van der Waals surface area contributed by atoms with Crippen LogP contribution in [0, 0.1) is 11.3 Å². The topological polar surface area (TPSA) is 75.4 Å². The molecule has 2 fully saturated rings. The van der Waals surface area contributed by atoms with Crippen molar-refractivity contribution in [1.82, 2.24) is 13.9 Å². The number of rotatable bonds is 3. The fraction of sp³-hybridized carbons (Fsp3) is 0.571. The number of hydrogen-bond donors (Lipinski definition) is 1. The number of fused-ring (bicyclic) bond motifs is 3. The van der Waals surface area contributed by atoms with Gasteiger partial charge in [-0.15, -0.1) is 0 Å². The lowest BCUT2D eigenvalue weighted by atomic mass is 9.53. The van der Waals surface area contributed by atoms with Gasteiger partial charge in [0, 0.05) is 24.6 Å². The quantitative estimate of drug-likeness (QED) is 0.858. The van der Waals surface area contributed by atoms with Gasteiger partial charge < -0.3 is 9.67 Å². The van der Waals surface area contributed by atoms with Crippen LogP contribution in [0.2, 0.25) is 0 Å². The molecule has 1 saturated heterocycles. The highest BCUT2D eigenvalue weighted by molar-refractivity contribution is 7.89. The molecule has 2 aromatic rings. The first-order valence-electron chi connectivity index (χ1n) is 10.1. The fourth-order valence-corrected chi connectivity index (χ4v) is 6.86. The standard InChI is InChI=1S/C21H27N3O3S/c1-14(2)28(26,27)23-9-7-21(8-10-23)11-17(20(21)25)19-16-6-4-3-5-15(16)18-12-22-13-24(18)19/h3-6,12-14,17,19-20,25H,7-11H2,1-2H3/t17-,19?,20+/m0/s1. The molecule has 3 heterocycles. The zero-order valence-corrected chi connectivity index (χ0v) is 17.1. The van der Waals surface area contributed by atoms with Crippen molar-refractivity contribution in [3.8, 4) is 11.3 Å². The first-order chi connectivity index (χ1) is 13.3. The maximum absolute atomic E-state index is 12.5. The lowest BCUT2D eigenvalue weighted by Gasteiger charge is -2.57. The molecular weight excluding hydrogens is 374 g/mol. The average Bonchev–Trinajstić information content (AvgIpc) is 3.27. The van der Waals surface area contributed by atoms with Crippen LogP contribution in [0.5, 0.6) is 0 Å². The number of sulfonamides is 1. The summed E-state index contributed by atoms with van der Waals surface area (Å²) in [5.41, 5.74) is 3.44. The monoisotopic (exact) mass is 401 g/mol. The summed E-state index contributed by atoms with van der Waals surface area (Å²) in [6.45, 7) is 4.49. The van der Waals surface area contributed by atoms with Crippen molar-refractivity contribution in [2.75, 3.05) is 13.1 Å². The van der Waals surface area contributed by atoms with Crippen molar-refractivity contribution in [1.29, 1.82) is 0 Å². The molecule has 28 heavy (non-hydrogen) atoms. The van der Waals surface area contributed by atoms with Gasteiger partial charge in [-0.25, -0.2) is 17.7 Å². The van der Waals surface area contributed by atoms with Crippen LogP contribution in [0.1, 0.15) is 44.7 Å². The summed E-state index contributed by atoms with van der Waals surface area (Å²) in [6.07, 6.45) is 5.76. The molecular formula is C21H27N3O3S. The van der Waals surface area contributed by atoms with Crippen molar-refractivity contribution in [2.24, 2.45) is 11.3 Å². The predicted molar refractivity (Wildman–Crippen MR) is 107 cm³/mol. The van der Waals surface area contributed by atoms with E-state index in [4.69, 9.17) is 0 Å². The van der Waals surface area contributed by atoms with Gasteiger partial charge in [0.1, 0.15) is 0 Å². The lowest BCUT2D eigenvalue weighted by molar-refractivity contribution is -0.152. The molecule has 1 unspecified atom stereocenters. The first kappa shape index (κ1) is 18.3. The molecule has 0 amide bonds. The summed E-state index contributed by atoms with van der Waals surface area (Å²) < 4.78 is 28.7. The van der Waals surface area contributed by atoms with Crippen molar-refractivity contribution in [3.63, 3.8) is 0 Å². The molecule has 1 aliphatic carbocycles. The molecule has 1 saturated carbocycles. The van der Waals surface area contributed by atoms with Crippen LogP contribution in [0.25, 0.3) is 11.3 Å². The molecule has 150 valence electrons. The molecule has 1 N–H and O–H groups in total. The van der Waals surface area contributed by atoms with Crippen LogP contribution < -0.4 is 0 Å². The third-order valence-corrected chi connectivity index (χ3v) is 9.55. The highest BCUT2D eigenvalue weighted by Gasteiger charge is 2.58. The third kappa shape index (κ3) is 2.39. The number of benzene rings is 1. The van der Waals surface area contributed by atoms with E-state index in [1.807, 2.05) is 18.6 Å². The Morgan fingerprint density at radius 2 is 1.93 bits per heavy atom. The van der Waals surface area contributed by atoms with E-state index in [2.05, 4.69) is 27.8 Å². The predicted octanol–water partition coefficient (Wildman–Crippen LogP) is 2.65. The third-order valence-electron chi connectivity index (χ3n) is 7.28. The number of aromatic nitrogens is 2. The van der Waals surface area contributed by atoms with Crippen molar-refractivity contribution in [3.05, 3.63) is 42.4 Å². The number of imidazole rings is 1. The van der Waals surface area contributed by atoms with Gasteiger partial charge in [-0.2, -0.15) is 0 Å². The van der Waals surface area contributed by atoms with E-state index in [1.54, 1.807) is 18.2 Å². The number of nitrogens with zero attached hydrogens (tertiary/aromatic N) is 3. The Kier molecular flexibility index (Phi) is 4.03. The van der Waals surface area contributed by atoms with Gasteiger partial charge >= 0.3 is 0 Å². The summed E-state index contributed by atoms with van der Waals surface area (Å²) in [5.74, 6) is 0.143. The van der Waals surface area contributed by atoms with Gasteiger partial charge in [-0.05, 0) is 44.1 Å². The van der Waals surface area contributed by atoms with Crippen molar-refractivity contribution < 1.29 is 13.5 Å². The SMILES string of the molecule is CC(C)S(=O)(=O)N1CCC2(CC1)C[C@@H](C1c3ccccc3-c3cncn31)[C@H]2O. The van der Waals surface area contributed by atoms with Crippen molar-refractivity contribution in [2.45, 2.75) is 50.5 Å². The summed E-state index contributed by atoms with van der Waals surface area (Å²) in [4.78, 5) is 4.32. The van der Waals surface area contributed by atoms with Crippen LogP contribution >= 0.6 is 0 Å². The maximum atomic E-state index is 12.5. The number of aliphatic hydroxyl groups is 1. The van der Waals surface area contributed by atoms with Crippen LogP contribution in [-0.4, -0.2) is 51.8 Å². The zero-order valence-electron chi connectivity index (χ0n) is 16.3. The molecule has 7 heteroatoms. The highest BCUT2D eigenvalue weighted by Crippen LogP contribution is 2.59. The molecule has 1 spiro atoms. The zero-order chi connectivity index (χ0) is 19.7. The molecule has 0 radical (unpaired) electrons. The smallest absolute Gasteiger partial charge is 0.216 e. The summed E-state index contributed by atoms with van der Waals surface area (Å²) in [5, 5.41) is 10.8. The Labute approximate surface area is 166 Å². The van der Waals surface area contributed by atoms with E-state index in [0.717, 1.165) is 25.0 Å². The second-order valence-electron chi connectivity index (χ2n) is 8.89. The molecule has 1 aromatic carbocycles. The van der Waals surface area contributed by atoms with Crippen molar-refractivity contribution >= 4 is 10.0 Å². The van der Waals surface area contributed by atoms with Gasteiger partial charge in [0.2, 0.25) is 10.0 Å². The Hall–Kier alpha value is -1.70. The van der Waals surface area contributed by atoms with Crippen LogP contribution in [0.4, 0.5) is 0 Å². The largest absolute Gasteiger partial charge is 0.392 e. The summed E-state index contributed by atoms with van der Waals surface area (Å²) >= 11 is 0. The van der Waals surface area contributed by atoms with Gasteiger partial charge in [0.05, 0.1) is 35.6 Å². The number of aliphatic hydroxyl groups excluding tert-OH is 1. The Morgan fingerprint density at radius 3 is 2.61 bits per heavy atom. The highest BCUT2D eigenvalue weighted by atomic mass is 32.2. The van der Waals surface area contributed by atoms with E-state index in [9.17, 15) is 13.5 Å². The van der Waals surface area contributed by atoms with E-state index in [0.29, 0.717) is 13.1 Å². The Balaban J connectivity index is 1.36. The minimum absolute atomic E-state index is 0.117. The summed E-state index contributed by atoms with van der Waals surface area (Å²) in [7, 11) is -3.21. The molecule has 0 bridgehead atoms. The van der Waals surface area contributed by atoms with Crippen LogP contribution in [-0.2, 0) is 10.0 Å². The summed E-state index contributed by atoms with van der Waals surface area (Å²) in [6, 6.07) is 8.50. The molecule has 6 nitrogen and oxygen atoms in total. The molecule has 1 aromatic heterocycles. The number of piperidine rings is 1. The molecule has 2 aliphatic heterocycles. The molecule has 3 atom stereocenters. The Morgan fingerprint density at radius 1 is 1.21 bits per heavy atom. The number of hydrogen-bond acceptors (Lipinski definition) is 4. The van der Waals surface area contributed by atoms with Gasteiger partial charge in [-0.1, -0.05) is 24.3 Å². The molecule has 5 rings (SSSR count). The van der Waals surface area contributed by atoms with Crippen LogP contribution in [0.3, 0.4) is 0 Å². The second-order valence-corrected chi connectivity index (χ2v) is 11.4. The molecule has 3 aliphatic rings. The van der Waals surface area contributed by atoms with Gasteiger partial charge in [0.15, 0.2) is 0 Å². The van der Waals surface area contributed by atoms with Crippen LogP contribution in [0.15, 0.2) is 36.8 Å². The second kappa shape index (κ2) is 6.15. The van der Waals surface area contributed by atoms with Gasteiger partial charge in [0.25, 0.3) is 0 Å². The maximum Gasteiger partial charge on any atom is 0.216 e. The lowest BCUT2D eigenvalue weighted by Crippen LogP contribution is -2.60. The first-order valence-corrected chi connectivity index (χ1v) is 11.6. The van der Waals surface area contributed by atoms with E-state index >= 15 is 0 Å². The minimum atomic E-state index is -3.21. The average molecular weight is 402 g/mol.